The lowest BCUT2D eigenvalue weighted by molar-refractivity contribution is 0.117. The molecule has 0 aliphatic carbocycles. The van der Waals surface area contributed by atoms with E-state index in [9.17, 15) is 0 Å². The molecule has 2 N–H and O–H groups in total. The van der Waals surface area contributed by atoms with Crippen molar-refractivity contribution in [1.82, 2.24) is 10.6 Å². The van der Waals surface area contributed by atoms with Gasteiger partial charge in [0.2, 0.25) is 0 Å². The molecule has 2 aromatic rings. The molecule has 1 aliphatic rings. The first-order valence-electron chi connectivity index (χ1n) is 10.2. The Balaban J connectivity index is 1.27. The van der Waals surface area contributed by atoms with E-state index < -0.39 is 0 Å². The summed E-state index contributed by atoms with van der Waals surface area (Å²) in [4.78, 5) is 6.79. The molecule has 2 aromatic carbocycles. The standard InChI is InChI=1S/C23H32N4O/c1-24-23(25-15-8-9-17-28-19-20-10-4-2-5-11-20)26-21-14-16-27(18-21)22-12-6-3-7-13-22/h2-7,10-13,21H,8-9,14-19H2,1H3,(H2,24,25,26). The fourth-order valence-corrected chi connectivity index (χ4v) is 3.44. The largest absolute Gasteiger partial charge is 0.377 e. The van der Waals surface area contributed by atoms with Crippen LogP contribution in [0, 0.1) is 0 Å². The van der Waals surface area contributed by atoms with Gasteiger partial charge in [0, 0.05) is 45.0 Å². The average Bonchev–Trinajstić information content (AvgIpc) is 3.22. The predicted octanol–water partition coefficient (Wildman–Crippen LogP) is 3.43. The Morgan fingerprint density at radius 2 is 1.82 bits per heavy atom. The minimum atomic E-state index is 0.431. The molecule has 0 bridgehead atoms. The van der Waals surface area contributed by atoms with E-state index in [-0.39, 0.29) is 0 Å². The third kappa shape index (κ3) is 6.57. The second-order valence-corrected chi connectivity index (χ2v) is 7.16. The summed E-state index contributed by atoms with van der Waals surface area (Å²) in [5.41, 5.74) is 2.52. The van der Waals surface area contributed by atoms with Crippen molar-refractivity contribution in [3.63, 3.8) is 0 Å². The third-order valence-electron chi connectivity index (χ3n) is 4.99. The molecule has 28 heavy (non-hydrogen) atoms. The third-order valence-corrected chi connectivity index (χ3v) is 4.99. The van der Waals surface area contributed by atoms with Gasteiger partial charge in [-0.1, -0.05) is 48.5 Å². The summed E-state index contributed by atoms with van der Waals surface area (Å²) >= 11 is 0. The minimum Gasteiger partial charge on any atom is -0.377 e. The van der Waals surface area contributed by atoms with Crippen LogP contribution >= 0.6 is 0 Å². The van der Waals surface area contributed by atoms with E-state index in [1.54, 1.807) is 0 Å². The van der Waals surface area contributed by atoms with Gasteiger partial charge in [0.25, 0.3) is 0 Å². The van der Waals surface area contributed by atoms with Gasteiger partial charge in [0.05, 0.1) is 6.61 Å². The molecule has 1 heterocycles. The Labute approximate surface area is 168 Å². The van der Waals surface area contributed by atoms with Crippen molar-refractivity contribution in [3.8, 4) is 0 Å². The van der Waals surface area contributed by atoms with Crippen LogP contribution in [0.2, 0.25) is 0 Å². The summed E-state index contributed by atoms with van der Waals surface area (Å²) in [6.07, 6.45) is 3.24. The number of anilines is 1. The van der Waals surface area contributed by atoms with Gasteiger partial charge >= 0.3 is 0 Å². The smallest absolute Gasteiger partial charge is 0.191 e. The fourth-order valence-electron chi connectivity index (χ4n) is 3.44. The Morgan fingerprint density at radius 1 is 1.07 bits per heavy atom. The molecule has 5 heteroatoms. The van der Waals surface area contributed by atoms with Gasteiger partial charge in [-0.3, -0.25) is 4.99 Å². The molecule has 1 fully saturated rings. The number of guanidine groups is 1. The van der Waals surface area contributed by atoms with E-state index in [4.69, 9.17) is 4.74 Å². The molecular formula is C23H32N4O. The van der Waals surface area contributed by atoms with E-state index in [2.05, 4.69) is 63.0 Å². The van der Waals surface area contributed by atoms with E-state index in [1.807, 2.05) is 25.2 Å². The highest BCUT2D eigenvalue weighted by atomic mass is 16.5. The number of hydrogen-bond donors (Lipinski definition) is 2. The summed E-state index contributed by atoms with van der Waals surface area (Å²) in [5.74, 6) is 0.894. The number of nitrogens with one attached hydrogen (secondary N) is 2. The number of rotatable bonds is 9. The molecule has 150 valence electrons. The Hall–Kier alpha value is -2.53. The van der Waals surface area contributed by atoms with Gasteiger partial charge in [0.1, 0.15) is 0 Å². The highest BCUT2D eigenvalue weighted by Gasteiger charge is 2.23. The maximum atomic E-state index is 5.74. The molecule has 0 radical (unpaired) electrons. The van der Waals surface area contributed by atoms with Gasteiger partial charge in [-0.2, -0.15) is 0 Å². The van der Waals surface area contributed by atoms with Gasteiger partial charge in [-0.05, 0) is 37.0 Å². The summed E-state index contributed by atoms with van der Waals surface area (Å²) in [7, 11) is 1.84. The predicted molar refractivity (Wildman–Crippen MR) is 117 cm³/mol. The quantitative estimate of drug-likeness (QED) is 0.398. The molecule has 1 saturated heterocycles. The highest BCUT2D eigenvalue weighted by molar-refractivity contribution is 5.80. The monoisotopic (exact) mass is 380 g/mol. The van der Waals surface area contributed by atoms with Crippen molar-refractivity contribution in [1.29, 1.82) is 0 Å². The summed E-state index contributed by atoms with van der Waals surface area (Å²) in [6.45, 7) is 4.48. The van der Waals surface area contributed by atoms with Crippen molar-refractivity contribution in [2.24, 2.45) is 4.99 Å². The molecule has 1 atom stereocenters. The van der Waals surface area contributed by atoms with E-state index in [1.165, 1.54) is 11.3 Å². The average molecular weight is 381 g/mol. The minimum absolute atomic E-state index is 0.431. The maximum absolute atomic E-state index is 5.74. The number of nitrogens with zero attached hydrogens (tertiary/aromatic N) is 2. The Kier molecular flexibility index (Phi) is 8.19. The number of aliphatic imine (C=N–C) groups is 1. The summed E-state index contributed by atoms with van der Waals surface area (Å²) in [6, 6.07) is 21.4. The first-order chi connectivity index (χ1) is 13.8. The van der Waals surface area contributed by atoms with Crippen LogP contribution in [-0.4, -0.2) is 45.3 Å². The van der Waals surface area contributed by atoms with Crippen molar-refractivity contribution >= 4 is 11.6 Å². The molecule has 3 rings (SSSR count). The van der Waals surface area contributed by atoms with Gasteiger partial charge in [-0.25, -0.2) is 0 Å². The first-order valence-corrected chi connectivity index (χ1v) is 10.2. The Bertz CT molecular complexity index is 705. The van der Waals surface area contributed by atoms with Crippen LogP contribution in [0.5, 0.6) is 0 Å². The van der Waals surface area contributed by atoms with Crippen LogP contribution in [0.4, 0.5) is 5.69 Å². The summed E-state index contributed by atoms with van der Waals surface area (Å²) in [5, 5.41) is 6.98. The zero-order valence-corrected chi connectivity index (χ0v) is 16.8. The van der Waals surface area contributed by atoms with Crippen molar-refractivity contribution in [2.45, 2.75) is 31.9 Å². The van der Waals surface area contributed by atoms with Gasteiger partial charge < -0.3 is 20.3 Å². The topological polar surface area (TPSA) is 48.9 Å². The van der Waals surface area contributed by atoms with Crippen LogP contribution in [0.3, 0.4) is 0 Å². The number of para-hydroxylation sites is 1. The fraction of sp³-hybridized carbons (Fsp3) is 0.435. The SMILES string of the molecule is CN=C(NCCCCOCc1ccccc1)NC1CCN(c2ccccc2)C1. The number of unbranched alkanes of at least 4 members (excludes halogenated alkanes) is 1. The lowest BCUT2D eigenvalue weighted by Gasteiger charge is -2.20. The highest BCUT2D eigenvalue weighted by Crippen LogP contribution is 2.19. The molecule has 1 aliphatic heterocycles. The van der Waals surface area contributed by atoms with Gasteiger partial charge in [-0.15, -0.1) is 0 Å². The van der Waals surface area contributed by atoms with Crippen LogP contribution < -0.4 is 15.5 Å². The number of benzene rings is 2. The van der Waals surface area contributed by atoms with E-state index >= 15 is 0 Å². The van der Waals surface area contributed by atoms with Crippen LogP contribution in [0.1, 0.15) is 24.8 Å². The number of ether oxygens (including phenoxy) is 1. The second-order valence-electron chi connectivity index (χ2n) is 7.16. The van der Waals surface area contributed by atoms with Crippen LogP contribution in [-0.2, 0) is 11.3 Å². The zero-order chi connectivity index (χ0) is 19.4. The summed E-state index contributed by atoms with van der Waals surface area (Å²) < 4.78 is 5.74. The molecule has 0 amide bonds. The molecule has 0 saturated carbocycles. The van der Waals surface area contributed by atoms with Crippen LogP contribution in [0.25, 0.3) is 0 Å². The Morgan fingerprint density at radius 3 is 2.57 bits per heavy atom. The van der Waals surface area contributed by atoms with E-state index in [0.717, 1.165) is 51.5 Å². The maximum Gasteiger partial charge on any atom is 0.191 e. The lowest BCUT2D eigenvalue weighted by atomic mass is 10.2. The normalized spacial score (nSPS) is 17.0. The van der Waals surface area contributed by atoms with Crippen LogP contribution in [0.15, 0.2) is 65.7 Å². The molecular weight excluding hydrogens is 348 g/mol. The molecule has 0 spiro atoms. The molecule has 0 aromatic heterocycles. The first kappa shape index (κ1) is 20.2. The van der Waals surface area contributed by atoms with Crippen molar-refractivity contribution < 1.29 is 4.74 Å². The lowest BCUT2D eigenvalue weighted by Crippen LogP contribution is -2.44. The van der Waals surface area contributed by atoms with E-state index in [0.29, 0.717) is 12.6 Å². The van der Waals surface area contributed by atoms with Crippen molar-refractivity contribution in [3.05, 3.63) is 66.2 Å². The van der Waals surface area contributed by atoms with Gasteiger partial charge in [0.15, 0.2) is 5.96 Å². The zero-order valence-electron chi connectivity index (χ0n) is 16.8. The second kappa shape index (κ2) is 11.3. The van der Waals surface area contributed by atoms with Crippen molar-refractivity contribution in [2.75, 3.05) is 38.2 Å². The number of hydrogen-bond acceptors (Lipinski definition) is 3. The molecule has 5 nitrogen and oxygen atoms in total. The molecule has 1 unspecified atom stereocenters.